The van der Waals surface area contributed by atoms with Gasteiger partial charge in [-0.3, -0.25) is 4.79 Å². The number of pyridine rings is 1. The third kappa shape index (κ3) is 5.10. The predicted octanol–water partition coefficient (Wildman–Crippen LogP) is 6.59. The van der Waals surface area contributed by atoms with Crippen molar-refractivity contribution >= 4 is 22.5 Å². The SMILES string of the molecule is COc1cc(-c2cc(C(=O)N/N=C3/CC(c4ccccc4)Oc4ccccc43)c3ccccc3n2)cc(OC)c1OC. The number of carbonyl (C=O) groups is 1. The van der Waals surface area contributed by atoms with Gasteiger partial charge in [-0.05, 0) is 42.0 Å². The van der Waals surface area contributed by atoms with Gasteiger partial charge in [-0.15, -0.1) is 0 Å². The molecule has 0 saturated heterocycles. The van der Waals surface area contributed by atoms with Gasteiger partial charge in [-0.1, -0.05) is 60.7 Å². The van der Waals surface area contributed by atoms with Gasteiger partial charge < -0.3 is 18.9 Å². The minimum Gasteiger partial charge on any atom is -0.493 e. The molecule has 0 radical (unpaired) electrons. The lowest BCUT2D eigenvalue weighted by molar-refractivity contribution is 0.0956. The molecule has 8 nitrogen and oxygen atoms in total. The van der Waals surface area contributed by atoms with Crippen LogP contribution < -0.4 is 24.4 Å². The monoisotopic (exact) mass is 559 g/mol. The lowest BCUT2D eigenvalue weighted by Crippen LogP contribution is -2.25. The summed E-state index contributed by atoms with van der Waals surface area (Å²) in [5, 5.41) is 5.33. The van der Waals surface area contributed by atoms with Crippen molar-refractivity contribution in [3.63, 3.8) is 0 Å². The summed E-state index contributed by atoms with van der Waals surface area (Å²) in [6, 6.07) is 30.6. The van der Waals surface area contributed by atoms with Crippen LogP contribution in [0.4, 0.5) is 0 Å². The van der Waals surface area contributed by atoms with Gasteiger partial charge in [-0.2, -0.15) is 5.10 Å². The Kier molecular flexibility index (Phi) is 7.43. The predicted molar refractivity (Wildman–Crippen MR) is 162 cm³/mol. The molecule has 210 valence electrons. The Morgan fingerprint density at radius 2 is 1.55 bits per heavy atom. The van der Waals surface area contributed by atoms with Crippen molar-refractivity contribution < 1.29 is 23.7 Å². The van der Waals surface area contributed by atoms with E-state index in [9.17, 15) is 4.79 Å². The lowest BCUT2D eigenvalue weighted by Gasteiger charge is -2.27. The summed E-state index contributed by atoms with van der Waals surface area (Å²) in [7, 11) is 4.67. The van der Waals surface area contributed by atoms with Crippen LogP contribution in [0.3, 0.4) is 0 Å². The molecule has 0 bridgehead atoms. The number of fused-ring (bicyclic) bond motifs is 2. The quantitative estimate of drug-likeness (QED) is 0.226. The van der Waals surface area contributed by atoms with Crippen LogP contribution in [0.2, 0.25) is 0 Å². The number of carbonyl (C=O) groups excluding carboxylic acids is 1. The maximum Gasteiger partial charge on any atom is 0.272 e. The number of aromatic nitrogens is 1. The lowest BCUT2D eigenvalue weighted by atomic mass is 9.96. The van der Waals surface area contributed by atoms with Crippen LogP contribution in [-0.4, -0.2) is 37.9 Å². The fourth-order valence-electron chi connectivity index (χ4n) is 5.17. The summed E-state index contributed by atoms with van der Waals surface area (Å²) in [4.78, 5) is 18.6. The molecular weight excluding hydrogens is 530 g/mol. The summed E-state index contributed by atoms with van der Waals surface area (Å²) in [5.74, 6) is 1.83. The molecule has 1 aliphatic rings. The number of nitrogens with one attached hydrogen (secondary N) is 1. The average molecular weight is 560 g/mol. The number of hydrogen-bond acceptors (Lipinski definition) is 7. The van der Waals surface area contributed by atoms with Crippen molar-refractivity contribution in [2.75, 3.05) is 21.3 Å². The zero-order valence-electron chi connectivity index (χ0n) is 23.5. The molecule has 1 amide bonds. The molecule has 2 heterocycles. The standard InChI is InChI=1S/C34H29N3O5/c1-39-31-17-22(18-32(40-2)33(31)41-3)27-19-25(23-13-7-9-15-26(23)35-27)34(38)37-36-28-20-30(21-11-5-4-6-12-21)42-29-16-10-8-14-24(28)29/h4-19,30H,20H2,1-3H3,(H,37,38)/b36-28-. The summed E-state index contributed by atoms with van der Waals surface area (Å²) >= 11 is 0. The Bertz CT molecular complexity index is 1780. The Morgan fingerprint density at radius 1 is 0.857 bits per heavy atom. The van der Waals surface area contributed by atoms with Crippen LogP contribution in [0.25, 0.3) is 22.2 Å². The first kappa shape index (κ1) is 26.8. The van der Waals surface area contributed by atoms with Gasteiger partial charge in [0.15, 0.2) is 11.5 Å². The smallest absolute Gasteiger partial charge is 0.272 e. The Labute approximate surface area is 243 Å². The second-order valence-electron chi connectivity index (χ2n) is 9.70. The number of para-hydroxylation sites is 2. The fourth-order valence-corrected chi connectivity index (χ4v) is 5.17. The van der Waals surface area contributed by atoms with Crippen LogP contribution in [0, 0.1) is 0 Å². The minimum absolute atomic E-state index is 0.217. The van der Waals surface area contributed by atoms with Gasteiger partial charge in [0.1, 0.15) is 11.9 Å². The maximum atomic E-state index is 13.7. The number of hydrogen-bond donors (Lipinski definition) is 1. The maximum absolute atomic E-state index is 13.7. The van der Waals surface area contributed by atoms with Crippen LogP contribution in [0.5, 0.6) is 23.0 Å². The molecular formula is C34H29N3O5. The fraction of sp³-hybridized carbons (Fsp3) is 0.147. The van der Waals surface area contributed by atoms with Crippen molar-refractivity contribution in [2.45, 2.75) is 12.5 Å². The average Bonchev–Trinajstić information content (AvgIpc) is 3.05. The first-order valence-electron chi connectivity index (χ1n) is 13.5. The molecule has 0 aliphatic carbocycles. The van der Waals surface area contributed by atoms with Crippen molar-refractivity contribution in [3.8, 4) is 34.3 Å². The summed E-state index contributed by atoms with van der Waals surface area (Å²) in [6.45, 7) is 0. The van der Waals surface area contributed by atoms with Gasteiger partial charge >= 0.3 is 0 Å². The van der Waals surface area contributed by atoms with Gasteiger partial charge in [0.2, 0.25) is 5.75 Å². The molecule has 0 fully saturated rings. The molecule has 1 atom stereocenters. The van der Waals surface area contributed by atoms with Crippen LogP contribution >= 0.6 is 0 Å². The number of nitrogens with zero attached hydrogens (tertiary/aromatic N) is 2. The molecule has 1 N–H and O–H groups in total. The van der Waals surface area contributed by atoms with Crippen molar-refractivity contribution in [1.82, 2.24) is 10.4 Å². The van der Waals surface area contributed by atoms with E-state index in [0.29, 0.717) is 51.4 Å². The summed E-state index contributed by atoms with van der Waals surface area (Å²) < 4.78 is 22.8. The zero-order chi connectivity index (χ0) is 29.1. The number of methoxy groups -OCH3 is 3. The van der Waals surface area contributed by atoms with E-state index in [4.69, 9.17) is 23.9 Å². The third-order valence-electron chi connectivity index (χ3n) is 7.23. The Morgan fingerprint density at radius 3 is 2.29 bits per heavy atom. The Balaban J connectivity index is 1.38. The second-order valence-corrected chi connectivity index (χ2v) is 9.70. The molecule has 5 aromatic rings. The topological polar surface area (TPSA) is 91.3 Å². The van der Waals surface area contributed by atoms with E-state index in [1.165, 1.54) is 0 Å². The van der Waals surface area contributed by atoms with E-state index in [0.717, 1.165) is 22.6 Å². The van der Waals surface area contributed by atoms with E-state index in [2.05, 4.69) is 10.5 Å². The molecule has 42 heavy (non-hydrogen) atoms. The number of hydrazone groups is 1. The van der Waals surface area contributed by atoms with Gasteiger partial charge in [0.05, 0.1) is 43.8 Å². The first-order valence-corrected chi connectivity index (χ1v) is 13.5. The molecule has 0 spiro atoms. The molecule has 4 aromatic carbocycles. The van der Waals surface area contributed by atoms with E-state index in [1.54, 1.807) is 27.4 Å². The largest absolute Gasteiger partial charge is 0.493 e. The molecule has 1 unspecified atom stereocenters. The van der Waals surface area contributed by atoms with E-state index < -0.39 is 0 Å². The molecule has 1 aliphatic heterocycles. The molecule has 1 aromatic heterocycles. The van der Waals surface area contributed by atoms with Gasteiger partial charge in [0, 0.05) is 22.9 Å². The van der Waals surface area contributed by atoms with E-state index >= 15 is 0 Å². The summed E-state index contributed by atoms with van der Waals surface area (Å²) in [6.07, 6.45) is 0.292. The van der Waals surface area contributed by atoms with Gasteiger partial charge in [-0.25, -0.2) is 10.4 Å². The molecule has 8 heteroatoms. The summed E-state index contributed by atoms with van der Waals surface area (Å²) in [5.41, 5.74) is 7.83. The van der Waals surface area contributed by atoms with Crippen molar-refractivity contribution in [1.29, 1.82) is 0 Å². The van der Waals surface area contributed by atoms with Gasteiger partial charge in [0.25, 0.3) is 5.91 Å². The molecule has 0 saturated carbocycles. The minimum atomic E-state index is -0.352. The normalized spacial score (nSPS) is 15.0. The van der Waals surface area contributed by atoms with Crippen LogP contribution in [0.15, 0.2) is 102 Å². The highest BCUT2D eigenvalue weighted by molar-refractivity contribution is 6.09. The Hall–Kier alpha value is -5.37. The number of ether oxygens (including phenoxy) is 4. The van der Waals surface area contributed by atoms with Crippen molar-refractivity contribution in [3.05, 3.63) is 114 Å². The number of benzene rings is 4. The second kappa shape index (κ2) is 11.6. The van der Waals surface area contributed by atoms with E-state index in [1.807, 2.05) is 91.0 Å². The third-order valence-corrected chi connectivity index (χ3v) is 7.23. The number of amides is 1. The highest BCUT2D eigenvalue weighted by atomic mass is 16.5. The zero-order valence-corrected chi connectivity index (χ0v) is 23.5. The van der Waals surface area contributed by atoms with Crippen molar-refractivity contribution in [2.24, 2.45) is 5.10 Å². The highest BCUT2D eigenvalue weighted by Crippen LogP contribution is 2.41. The van der Waals surface area contributed by atoms with Crippen LogP contribution in [-0.2, 0) is 0 Å². The number of rotatable bonds is 7. The highest BCUT2D eigenvalue weighted by Gasteiger charge is 2.26. The molecule has 6 rings (SSSR count). The first-order chi connectivity index (χ1) is 20.6. The van der Waals surface area contributed by atoms with Crippen LogP contribution in [0.1, 0.15) is 34.0 Å². The van der Waals surface area contributed by atoms with E-state index in [-0.39, 0.29) is 12.0 Å².